The van der Waals surface area contributed by atoms with E-state index in [9.17, 15) is 20.1 Å². The van der Waals surface area contributed by atoms with Gasteiger partial charge >= 0.3 is 0 Å². The van der Waals surface area contributed by atoms with Crippen LogP contribution < -0.4 is 5.32 Å². The van der Waals surface area contributed by atoms with E-state index in [2.05, 4.69) is 25.2 Å². The molecule has 0 saturated carbocycles. The molecule has 3 unspecified atom stereocenters. The van der Waals surface area contributed by atoms with Crippen molar-refractivity contribution < 1.29 is 20.1 Å². The number of hydrogen-bond acceptors (Lipinski definition) is 4. The number of amides is 1. The summed E-state index contributed by atoms with van der Waals surface area (Å²) >= 11 is 0. The first-order chi connectivity index (χ1) is 20.5. The van der Waals surface area contributed by atoms with Gasteiger partial charge in [-0.1, -0.05) is 174 Å². The highest BCUT2D eigenvalue weighted by Gasteiger charge is 2.21. The molecule has 42 heavy (non-hydrogen) atoms. The Balaban J connectivity index is 3.60. The second-order valence-corrected chi connectivity index (χ2v) is 12.8. The van der Waals surface area contributed by atoms with Gasteiger partial charge in [0.2, 0.25) is 5.91 Å². The molecule has 0 bridgehead atoms. The molecule has 0 aromatic carbocycles. The first kappa shape index (κ1) is 41.1. The van der Waals surface area contributed by atoms with Gasteiger partial charge < -0.3 is 20.6 Å². The standard InChI is InChI=1S/C37H73NO4/c1-3-5-7-9-11-12-13-14-15-16-17-18-19-20-21-22-23-25-27-29-31-36(41)35(33-39)38-37(42)32-34(40)30-28-26-24-10-8-6-4-2/h26,28,34-36,39-41H,3-25,27,29-33H2,1-2H3,(H,38,42)/b28-26-. The Labute approximate surface area is 261 Å². The van der Waals surface area contributed by atoms with E-state index >= 15 is 0 Å². The average molecular weight is 596 g/mol. The molecule has 0 aliphatic rings. The highest BCUT2D eigenvalue weighted by Crippen LogP contribution is 2.16. The molecular formula is C37H73NO4. The van der Waals surface area contributed by atoms with Gasteiger partial charge in [-0.15, -0.1) is 0 Å². The summed E-state index contributed by atoms with van der Waals surface area (Å²) < 4.78 is 0. The summed E-state index contributed by atoms with van der Waals surface area (Å²) in [4.78, 5) is 12.3. The van der Waals surface area contributed by atoms with Crippen LogP contribution in [0, 0.1) is 0 Å². The van der Waals surface area contributed by atoms with E-state index in [1.807, 2.05) is 6.08 Å². The van der Waals surface area contributed by atoms with Gasteiger partial charge in [0.1, 0.15) is 0 Å². The quantitative estimate of drug-likeness (QED) is 0.0449. The van der Waals surface area contributed by atoms with Crippen LogP contribution in [0.4, 0.5) is 0 Å². The molecule has 0 aromatic rings. The number of allylic oxidation sites excluding steroid dienone is 1. The fourth-order valence-electron chi connectivity index (χ4n) is 5.70. The van der Waals surface area contributed by atoms with E-state index < -0.39 is 18.2 Å². The minimum absolute atomic E-state index is 0.0112. The van der Waals surface area contributed by atoms with Crippen LogP contribution in [0.1, 0.15) is 194 Å². The van der Waals surface area contributed by atoms with Gasteiger partial charge in [0.25, 0.3) is 0 Å². The normalized spacial score (nSPS) is 13.9. The number of carbonyl (C=O) groups is 1. The van der Waals surface area contributed by atoms with Crippen molar-refractivity contribution in [1.29, 1.82) is 0 Å². The summed E-state index contributed by atoms with van der Waals surface area (Å²) in [7, 11) is 0. The van der Waals surface area contributed by atoms with Gasteiger partial charge in [0.05, 0.1) is 31.3 Å². The van der Waals surface area contributed by atoms with Crippen molar-refractivity contribution in [2.75, 3.05) is 6.61 Å². The molecule has 5 heteroatoms. The van der Waals surface area contributed by atoms with Crippen molar-refractivity contribution in [2.45, 2.75) is 212 Å². The molecule has 5 nitrogen and oxygen atoms in total. The highest BCUT2D eigenvalue weighted by atomic mass is 16.3. The van der Waals surface area contributed by atoms with Crippen LogP contribution in [0.15, 0.2) is 12.2 Å². The number of aliphatic hydroxyl groups is 3. The van der Waals surface area contributed by atoms with Crippen molar-refractivity contribution in [1.82, 2.24) is 5.32 Å². The first-order valence-corrected chi connectivity index (χ1v) is 18.5. The molecule has 0 rings (SSSR count). The molecule has 0 aliphatic heterocycles. The van der Waals surface area contributed by atoms with Gasteiger partial charge in [-0.3, -0.25) is 4.79 Å². The van der Waals surface area contributed by atoms with E-state index in [-0.39, 0.29) is 18.9 Å². The maximum absolute atomic E-state index is 12.3. The average Bonchev–Trinajstić information content (AvgIpc) is 2.98. The lowest BCUT2D eigenvalue weighted by molar-refractivity contribution is -0.125. The minimum atomic E-state index is -0.755. The summed E-state index contributed by atoms with van der Waals surface area (Å²) in [6.07, 6.45) is 36.2. The largest absolute Gasteiger partial charge is 0.394 e. The number of rotatable bonds is 33. The summed E-state index contributed by atoms with van der Waals surface area (Å²) in [6, 6.07) is -0.667. The highest BCUT2D eigenvalue weighted by molar-refractivity contribution is 5.76. The van der Waals surface area contributed by atoms with Crippen molar-refractivity contribution in [3.63, 3.8) is 0 Å². The Kier molecular flexibility index (Phi) is 32.3. The molecule has 0 saturated heterocycles. The first-order valence-electron chi connectivity index (χ1n) is 18.5. The SMILES string of the molecule is CCCCCC/C=C\CC(O)CC(=O)NC(CO)C(O)CCCCCCCCCCCCCCCCCCCCCC. The van der Waals surface area contributed by atoms with Crippen molar-refractivity contribution >= 4 is 5.91 Å². The number of nitrogens with one attached hydrogen (secondary N) is 1. The van der Waals surface area contributed by atoms with E-state index in [1.165, 1.54) is 135 Å². The molecule has 4 N–H and O–H groups in total. The third-order valence-corrected chi connectivity index (χ3v) is 8.58. The number of unbranched alkanes of at least 4 members (excludes halogenated alkanes) is 23. The van der Waals surface area contributed by atoms with Crippen LogP contribution in [0.25, 0.3) is 0 Å². The Morgan fingerprint density at radius 1 is 0.595 bits per heavy atom. The number of hydrogen-bond donors (Lipinski definition) is 4. The molecular weight excluding hydrogens is 522 g/mol. The molecule has 0 heterocycles. The lowest BCUT2D eigenvalue weighted by Crippen LogP contribution is -2.46. The van der Waals surface area contributed by atoms with Gasteiger partial charge in [0, 0.05) is 0 Å². The Bertz CT molecular complexity index is 582. The van der Waals surface area contributed by atoms with E-state index in [4.69, 9.17) is 0 Å². The van der Waals surface area contributed by atoms with Crippen LogP contribution in [0.2, 0.25) is 0 Å². The summed E-state index contributed by atoms with van der Waals surface area (Å²) in [5.41, 5.74) is 0. The third-order valence-electron chi connectivity index (χ3n) is 8.58. The second-order valence-electron chi connectivity index (χ2n) is 12.8. The maximum atomic E-state index is 12.3. The van der Waals surface area contributed by atoms with E-state index in [1.54, 1.807) is 0 Å². The van der Waals surface area contributed by atoms with Crippen LogP contribution in [-0.4, -0.2) is 46.1 Å². The predicted molar refractivity (Wildman–Crippen MR) is 181 cm³/mol. The molecule has 0 aromatic heterocycles. The monoisotopic (exact) mass is 596 g/mol. The minimum Gasteiger partial charge on any atom is -0.394 e. The molecule has 3 atom stereocenters. The zero-order valence-corrected chi connectivity index (χ0v) is 28.1. The van der Waals surface area contributed by atoms with E-state index in [0.717, 1.165) is 25.7 Å². The molecule has 0 radical (unpaired) electrons. The van der Waals surface area contributed by atoms with Gasteiger partial charge in [-0.25, -0.2) is 0 Å². The second kappa shape index (κ2) is 33.0. The number of aliphatic hydroxyl groups excluding tert-OH is 3. The molecule has 0 aliphatic carbocycles. The van der Waals surface area contributed by atoms with Crippen molar-refractivity contribution in [3.05, 3.63) is 12.2 Å². The van der Waals surface area contributed by atoms with Crippen LogP contribution >= 0.6 is 0 Å². The Hall–Kier alpha value is -0.910. The summed E-state index contributed by atoms with van der Waals surface area (Å²) in [5, 5.41) is 33.0. The third kappa shape index (κ3) is 29.2. The maximum Gasteiger partial charge on any atom is 0.222 e. The molecule has 0 spiro atoms. The van der Waals surface area contributed by atoms with Crippen LogP contribution in [-0.2, 0) is 4.79 Å². The van der Waals surface area contributed by atoms with E-state index in [0.29, 0.717) is 12.8 Å². The van der Waals surface area contributed by atoms with Gasteiger partial charge in [-0.2, -0.15) is 0 Å². The van der Waals surface area contributed by atoms with Crippen LogP contribution in [0.3, 0.4) is 0 Å². The van der Waals surface area contributed by atoms with Crippen LogP contribution in [0.5, 0.6) is 0 Å². The lowest BCUT2D eigenvalue weighted by Gasteiger charge is -2.23. The zero-order chi connectivity index (χ0) is 30.9. The predicted octanol–water partition coefficient (Wildman–Crippen LogP) is 9.70. The topological polar surface area (TPSA) is 89.8 Å². The molecule has 0 fully saturated rings. The molecule has 1 amide bonds. The smallest absolute Gasteiger partial charge is 0.222 e. The molecule has 250 valence electrons. The fourth-order valence-corrected chi connectivity index (χ4v) is 5.70. The lowest BCUT2D eigenvalue weighted by atomic mass is 10.0. The van der Waals surface area contributed by atoms with Gasteiger partial charge in [0.15, 0.2) is 0 Å². The zero-order valence-electron chi connectivity index (χ0n) is 28.1. The van der Waals surface area contributed by atoms with Crippen molar-refractivity contribution in [2.24, 2.45) is 0 Å². The Morgan fingerprint density at radius 2 is 1.00 bits per heavy atom. The Morgan fingerprint density at radius 3 is 1.43 bits per heavy atom. The summed E-state index contributed by atoms with van der Waals surface area (Å²) in [5.74, 6) is -0.319. The van der Waals surface area contributed by atoms with Gasteiger partial charge in [-0.05, 0) is 25.7 Å². The number of carbonyl (C=O) groups excluding carboxylic acids is 1. The van der Waals surface area contributed by atoms with Crippen molar-refractivity contribution in [3.8, 4) is 0 Å². The fraction of sp³-hybridized carbons (Fsp3) is 0.919. The summed E-state index contributed by atoms with van der Waals surface area (Å²) in [6.45, 7) is 4.19.